The van der Waals surface area contributed by atoms with Crippen molar-refractivity contribution in [2.24, 2.45) is 0 Å². The number of hydrogen-bond acceptors (Lipinski definition) is 3. The zero-order chi connectivity index (χ0) is 16.0. The molecule has 1 N–H and O–H groups in total. The highest BCUT2D eigenvalue weighted by Crippen LogP contribution is 2.15. The molecule has 0 heterocycles. The van der Waals surface area contributed by atoms with Gasteiger partial charge in [-0.15, -0.1) is 0 Å². The zero-order valence-electron chi connectivity index (χ0n) is 11.6. The molecule has 0 atom stereocenters. The summed E-state index contributed by atoms with van der Waals surface area (Å²) in [6, 6.07) is 13.6. The minimum atomic E-state index is -3.40. The lowest BCUT2D eigenvalue weighted by molar-refractivity contribution is 0.323. The van der Waals surface area contributed by atoms with Crippen molar-refractivity contribution in [1.29, 1.82) is 0 Å². The summed E-state index contributed by atoms with van der Waals surface area (Å²) in [7, 11) is -3.40. The highest BCUT2D eigenvalue weighted by Gasteiger charge is 2.10. The van der Waals surface area contributed by atoms with Gasteiger partial charge < -0.3 is 4.74 Å². The van der Waals surface area contributed by atoms with Crippen LogP contribution in [0.5, 0.6) is 5.75 Å². The molecule has 0 aliphatic carbocycles. The number of benzene rings is 2. The summed E-state index contributed by atoms with van der Waals surface area (Å²) < 4.78 is 31.8. The Morgan fingerprint density at radius 2 is 1.45 bits per heavy atom. The largest absolute Gasteiger partial charge is 0.492 e. The quantitative estimate of drug-likeness (QED) is 0.769. The number of nitrogens with one attached hydrogen (secondary N) is 1. The van der Waals surface area contributed by atoms with E-state index >= 15 is 0 Å². The Labute approximate surface area is 140 Å². The van der Waals surface area contributed by atoms with Gasteiger partial charge in [0, 0.05) is 16.6 Å². The third-order valence-corrected chi connectivity index (χ3v) is 4.64. The van der Waals surface area contributed by atoms with Crippen LogP contribution in [0.1, 0.15) is 5.56 Å². The second kappa shape index (κ2) is 7.83. The van der Waals surface area contributed by atoms with E-state index in [0.29, 0.717) is 21.4 Å². The summed E-state index contributed by atoms with van der Waals surface area (Å²) in [4.78, 5) is 0. The Morgan fingerprint density at radius 3 is 2.05 bits per heavy atom. The minimum Gasteiger partial charge on any atom is -0.492 e. The molecule has 22 heavy (non-hydrogen) atoms. The highest BCUT2D eigenvalue weighted by molar-refractivity contribution is 7.88. The lowest BCUT2D eigenvalue weighted by Gasteiger charge is -2.09. The van der Waals surface area contributed by atoms with Crippen LogP contribution in [0.4, 0.5) is 0 Å². The first-order valence-corrected chi connectivity index (χ1v) is 8.95. The summed E-state index contributed by atoms with van der Waals surface area (Å²) >= 11 is 11.5. The fourth-order valence-electron chi connectivity index (χ4n) is 1.75. The van der Waals surface area contributed by atoms with Crippen LogP contribution in [-0.2, 0) is 15.8 Å². The van der Waals surface area contributed by atoms with Gasteiger partial charge in [-0.1, -0.05) is 35.3 Å². The van der Waals surface area contributed by atoms with Crippen LogP contribution in [0.3, 0.4) is 0 Å². The number of rotatable bonds is 7. The third kappa shape index (κ3) is 5.85. The number of ether oxygens (including phenoxy) is 1. The Kier molecular flexibility index (Phi) is 6.08. The molecule has 118 valence electrons. The molecule has 0 amide bonds. The summed E-state index contributed by atoms with van der Waals surface area (Å²) in [6.45, 7) is 0.431. The fraction of sp³-hybridized carbons (Fsp3) is 0.200. The van der Waals surface area contributed by atoms with Gasteiger partial charge in [-0.25, -0.2) is 13.1 Å². The maximum atomic E-state index is 11.9. The molecule has 0 aliphatic rings. The monoisotopic (exact) mass is 359 g/mol. The molecule has 0 unspecified atom stereocenters. The highest BCUT2D eigenvalue weighted by atomic mass is 35.5. The van der Waals surface area contributed by atoms with Crippen molar-refractivity contribution in [2.75, 3.05) is 13.2 Å². The van der Waals surface area contributed by atoms with Gasteiger partial charge in [-0.05, 0) is 42.0 Å². The maximum Gasteiger partial charge on any atom is 0.215 e. The molecule has 4 nitrogen and oxygen atoms in total. The molecule has 2 rings (SSSR count). The summed E-state index contributed by atoms with van der Waals surface area (Å²) in [6.07, 6.45) is 0. The standard InChI is InChI=1S/C15H15Cl2NO3S/c16-13-3-1-12(2-4-13)11-22(19,20)18-9-10-21-15-7-5-14(17)6-8-15/h1-8,18H,9-11H2. The molecule has 0 aromatic heterocycles. The first-order valence-electron chi connectivity index (χ1n) is 6.55. The van der Waals surface area contributed by atoms with Crippen LogP contribution in [0, 0.1) is 0 Å². The van der Waals surface area contributed by atoms with Crippen molar-refractivity contribution in [2.45, 2.75) is 5.75 Å². The molecule has 0 saturated heterocycles. The molecule has 0 bridgehead atoms. The Hall–Kier alpha value is -1.27. The SMILES string of the molecule is O=S(=O)(Cc1ccc(Cl)cc1)NCCOc1ccc(Cl)cc1. The fourth-order valence-corrected chi connectivity index (χ4v) is 3.13. The van der Waals surface area contributed by atoms with Crippen molar-refractivity contribution in [3.05, 3.63) is 64.1 Å². The van der Waals surface area contributed by atoms with Gasteiger partial charge in [0.15, 0.2) is 0 Å². The number of sulfonamides is 1. The molecule has 0 fully saturated rings. The van der Waals surface area contributed by atoms with Crippen LogP contribution >= 0.6 is 23.2 Å². The molecule has 0 aliphatic heterocycles. The second-order valence-corrected chi connectivity index (χ2v) is 7.26. The van der Waals surface area contributed by atoms with E-state index in [0.717, 1.165) is 0 Å². The molecule has 0 saturated carbocycles. The van der Waals surface area contributed by atoms with Gasteiger partial charge in [0.2, 0.25) is 10.0 Å². The first-order chi connectivity index (χ1) is 10.4. The Morgan fingerprint density at radius 1 is 0.909 bits per heavy atom. The van der Waals surface area contributed by atoms with E-state index < -0.39 is 10.0 Å². The van der Waals surface area contributed by atoms with Gasteiger partial charge in [0.1, 0.15) is 12.4 Å². The van der Waals surface area contributed by atoms with Gasteiger partial charge in [0.25, 0.3) is 0 Å². The van der Waals surface area contributed by atoms with E-state index in [1.165, 1.54) is 0 Å². The number of halogens is 2. The average Bonchev–Trinajstić information content (AvgIpc) is 2.48. The average molecular weight is 360 g/mol. The lowest BCUT2D eigenvalue weighted by Crippen LogP contribution is -2.29. The summed E-state index contributed by atoms with van der Waals surface area (Å²) in [5.41, 5.74) is 0.676. The van der Waals surface area contributed by atoms with Gasteiger partial charge in [-0.3, -0.25) is 0 Å². The minimum absolute atomic E-state index is 0.0921. The smallest absolute Gasteiger partial charge is 0.215 e. The first kappa shape index (κ1) is 17.1. The molecular weight excluding hydrogens is 345 g/mol. The van der Waals surface area contributed by atoms with Crippen LogP contribution < -0.4 is 9.46 Å². The topological polar surface area (TPSA) is 55.4 Å². The van der Waals surface area contributed by atoms with Crippen LogP contribution in [-0.4, -0.2) is 21.6 Å². The lowest BCUT2D eigenvalue weighted by atomic mass is 10.2. The van der Waals surface area contributed by atoms with E-state index in [-0.39, 0.29) is 18.9 Å². The predicted octanol–water partition coefficient (Wildman–Crippen LogP) is 3.49. The van der Waals surface area contributed by atoms with Gasteiger partial charge >= 0.3 is 0 Å². The molecule has 7 heteroatoms. The van der Waals surface area contributed by atoms with Gasteiger partial charge in [0.05, 0.1) is 5.75 Å². The van der Waals surface area contributed by atoms with E-state index in [2.05, 4.69) is 4.72 Å². The molecule has 0 spiro atoms. The van der Waals surface area contributed by atoms with Crippen molar-refractivity contribution in [3.63, 3.8) is 0 Å². The third-order valence-electron chi connectivity index (χ3n) is 2.78. The summed E-state index contributed by atoms with van der Waals surface area (Å²) in [5, 5.41) is 1.20. The van der Waals surface area contributed by atoms with Crippen molar-refractivity contribution >= 4 is 33.2 Å². The van der Waals surface area contributed by atoms with Crippen LogP contribution in [0.25, 0.3) is 0 Å². The Balaban J connectivity index is 1.77. The summed E-state index contributed by atoms with van der Waals surface area (Å²) in [5.74, 6) is 0.548. The predicted molar refractivity (Wildman–Crippen MR) is 89.0 cm³/mol. The second-order valence-electron chi connectivity index (χ2n) is 4.58. The maximum absolute atomic E-state index is 11.9. The van der Waals surface area contributed by atoms with E-state index in [1.54, 1.807) is 48.5 Å². The molecule has 2 aromatic rings. The molecular formula is C15H15Cl2NO3S. The van der Waals surface area contributed by atoms with Crippen molar-refractivity contribution in [3.8, 4) is 5.75 Å². The Bertz CT molecular complexity index is 701. The van der Waals surface area contributed by atoms with Crippen molar-refractivity contribution < 1.29 is 13.2 Å². The van der Waals surface area contributed by atoms with E-state index in [4.69, 9.17) is 27.9 Å². The van der Waals surface area contributed by atoms with Crippen LogP contribution in [0.15, 0.2) is 48.5 Å². The van der Waals surface area contributed by atoms with E-state index in [9.17, 15) is 8.42 Å². The molecule has 2 aromatic carbocycles. The van der Waals surface area contributed by atoms with Gasteiger partial charge in [-0.2, -0.15) is 0 Å². The number of hydrogen-bond donors (Lipinski definition) is 1. The normalized spacial score (nSPS) is 11.4. The zero-order valence-corrected chi connectivity index (χ0v) is 14.0. The molecule has 0 radical (unpaired) electrons. The van der Waals surface area contributed by atoms with E-state index in [1.807, 2.05) is 0 Å². The van der Waals surface area contributed by atoms with Crippen molar-refractivity contribution in [1.82, 2.24) is 4.72 Å². The van der Waals surface area contributed by atoms with Crippen LogP contribution in [0.2, 0.25) is 10.0 Å².